The molecule has 4 aromatic rings. The van der Waals surface area contributed by atoms with E-state index in [1.807, 2.05) is 11.6 Å². The third kappa shape index (κ3) is 2.98. The van der Waals surface area contributed by atoms with Crippen LogP contribution in [0.2, 0.25) is 0 Å². The maximum absolute atomic E-state index is 13.0. The van der Waals surface area contributed by atoms with E-state index in [0.29, 0.717) is 17.9 Å². The number of rotatable bonds is 4. The largest absolute Gasteiger partial charge is 0.376 e. The first kappa shape index (κ1) is 17.9. The molecule has 1 aliphatic heterocycles. The summed E-state index contributed by atoms with van der Waals surface area (Å²) in [7, 11) is 3.97. The van der Waals surface area contributed by atoms with Gasteiger partial charge in [0, 0.05) is 44.8 Å². The zero-order valence-electron chi connectivity index (χ0n) is 16.5. The average molecular weight is 408 g/mol. The van der Waals surface area contributed by atoms with Crippen LogP contribution in [0.25, 0.3) is 21.3 Å². The number of thiazole rings is 1. The first-order chi connectivity index (χ1) is 14.0. The van der Waals surface area contributed by atoms with Gasteiger partial charge in [-0.1, -0.05) is 5.57 Å². The van der Waals surface area contributed by atoms with Gasteiger partial charge in [-0.3, -0.25) is 4.79 Å². The second kappa shape index (κ2) is 6.70. The summed E-state index contributed by atoms with van der Waals surface area (Å²) in [5.74, 6) is 0.699. The van der Waals surface area contributed by atoms with Gasteiger partial charge in [-0.05, 0) is 24.8 Å². The highest BCUT2D eigenvalue weighted by molar-refractivity contribution is 7.19. The van der Waals surface area contributed by atoms with E-state index in [9.17, 15) is 4.79 Å². The molecule has 0 fully saturated rings. The Balaban J connectivity index is 1.55. The van der Waals surface area contributed by atoms with Crippen molar-refractivity contribution in [3.8, 4) is 0 Å². The lowest BCUT2D eigenvalue weighted by Crippen LogP contribution is -2.25. The normalized spacial score (nSPS) is 14.7. The summed E-state index contributed by atoms with van der Waals surface area (Å²) < 4.78 is 4.34. The van der Waals surface area contributed by atoms with E-state index in [4.69, 9.17) is 4.98 Å². The summed E-state index contributed by atoms with van der Waals surface area (Å²) in [5, 5.41) is 6.28. The molecule has 0 radical (unpaired) electrons. The Morgan fingerprint density at radius 1 is 1.31 bits per heavy atom. The van der Waals surface area contributed by atoms with Gasteiger partial charge in [0.05, 0.1) is 10.9 Å². The number of imidazole rings is 1. The van der Waals surface area contributed by atoms with Crippen molar-refractivity contribution in [2.24, 2.45) is 7.05 Å². The molecule has 1 N–H and O–H groups in total. The Hall–Kier alpha value is -3.20. The van der Waals surface area contributed by atoms with Crippen molar-refractivity contribution >= 4 is 32.6 Å². The van der Waals surface area contributed by atoms with Crippen molar-refractivity contribution in [1.82, 2.24) is 34.2 Å². The number of aryl methyl sites for hydroxylation is 1. The van der Waals surface area contributed by atoms with Crippen LogP contribution in [-0.2, 0) is 20.0 Å². The minimum atomic E-state index is -0.134. The molecule has 4 aromatic heterocycles. The number of aromatic amines is 1. The van der Waals surface area contributed by atoms with Crippen LogP contribution >= 0.6 is 11.3 Å². The fourth-order valence-electron chi connectivity index (χ4n) is 3.81. The van der Waals surface area contributed by atoms with Crippen molar-refractivity contribution in [3.63, 3.8) is 0 Å². The molecule has 29 heavy (non-hydrogen) atoms. The Bertz CT molecular complexity index is 1340. The van der Waals surface area contributed by atoms with E-state index in [1.165, 1.54) is 15.8 Å². The third-order valence-electron chi connectivity index (χ3n) is 5.33. The number of fused-ring (bicyclic) bond motifs is 3. The summed E-state index contributed by atoms with van der Waals surface area (Å²) >= 11 is 1.64. The van der Waals surface area contributed by atoms with Gasteiger partial charge in [0.2, 0.25) is 0 Å². The monoisotopic (exact) mass is 407 g/mol. The second-order valence-corrected chi connectivity index (χ2v) is 8.52. The molecule has 148 valence electrons. The van der Waals surface area contributed by atoms with Crippen LogP contribution in [0.15, 0.2) is 46.8 Å². The number of nitrogens with one attached hydrogen (secondary N) is 1. The van der Waals surface area contributed by atoms with E-state index in [-0.39, 0.29) is 5.56 Å². The van der Waals surface area contributed by atoms with Gasteiger partial charge in [-0.15, -0.1) is 11.3 Å². The number of nitrogens with zero attached hydrogens (tertiary/aromatic N) is 6. The summed E-state index contributed by atoms with van der Waals surface area (Å²) in [6.07, 6.45) is 10.2. The summed E-state index contributed by atoms with van der Waals surface area (Å²) in [6, 6.07) is 0. The van der Waals surface area contributed by atoms with Gasteiger partial charge < -0.3 is 14.5 Å². The van der Waals surface area contributed by atoms with E-state index < -0.39 is 0 Å². The third-order valence-corrected chi connectivity index (χ3v) is 6.41. The maximum atomic E-state index is 13.0. The minimum absolute atomic E-state index is 0.134. The number of allylic oxidation sites excluding steroid dienone is 2. The predicted octanol–water partition coefficient (Wildman–Crippen LogP) is 2.43. The van der Waals surface area contributed by atoms with E-state index >= 15 is 0 Å². The standard InChI is InChI=1S/C20H21N7OS/c1-12-10-25(2)7-4-13(12)8-16-24-19-18(29-16)14-9-23-27(11-15-21-5-6-22-15)20(28)17(14)26(19)3/h4-7,9H,8,10-11H2,1-3H3,(H,21,22). The molecular weight excluding hydrogens is 386 g/mol. The van der Waals surface area contributed by atoms with Gasteiger partial charge in [0.25, 0.3) is 5.56 Å². The van der Waals surface area contributed by atoms with Crippen LogP contribution in [0, 0.1) is 0 Å². The van der Waals surface area contributed by atoms with Crippen LogP contribution in [0.1, 0.15) is 17.8 Å². The van der Waals surface area contributed by atoms with Gasteiger partial charge in [-0.2, -0.15) is 5.10 Å². The quantitative estimate of drug-likeness (QED) is 0.562. The molecule has 5 heterocycles. The molecule has 0 aliphatic carbocycles. The summed E-state index contributed by atoms with van der Waals surface area (Å²) in [5.41, 5.74) is 4.00. The number of hydrogen-bond donors (Lipinski definition) is 1. The molecule has 0 unspecified atom stereocenters. The van der Waals surface area contributed by atoms with Gasteiger partial charge >= 0.3 is 0 Å². The van der Waals surface area contributed by atoms with Crippen molar-refractivity contribution < 1.29 is 0 Å². The number of hydrogen-bond acceptors (Lipinski definition) is 6. The molecule has 0 saturated carbocycles. The summed E-state index contributed by atoms with van der Waals surface area (Å²) in [4.78, 5) is 27.2. The predicted molar refractivity (Wildman–Crippen MR) is 114 cm³/mol. The first-order valence-corrected chi connectivity index (χ1v) is 10.2. The highest BCUT2D eigenvalue weighted by atomic mass is 32.1. The SMILES string of the molecule is CC1=C(Cc2nc3c(s2)c2cnn(Cc4ncc[nH]4)c(=O)c2n3C)C=CN(C)C1. The Morgan fingerprint density at radius 2 is 2.17 bits per heavy atom. The van der Waals surface area contributed by atoms with Crippen LogP contribution in [0.5, 0.6) is 0 Å². The molecule has 0 saturated heterocycles. The molecule has 0 aromatic carbocycles. The number of H-pyrrole nitrogens is 1. The number of likely N-dealkylation sites (N-methyl/N-ethyl adjacent to an activating group) is 1. The second-order valence-electron chi connectivity index (χ2n) is 7.44. The van der Waals surface area contributed by atoms with Crippen LogP contribution in [0.3, 0.4) is 0 Å². The highest BCUT2D eigenvalue weighted by Gasteiger charge is 2.19. The zero-order valence-corrected chi connectivity index (χ0v) is 17.3. The smallest absolute Gasteiger partial charge is 0.291 e. The van der Waals surface area contributed by atoms with Crippen molar-refractivity contribution in [1.29, 1.82) is 0 Å². The molecule has 0 spiro atoms. The van der Waals surface area contributed by atoms with E-state index in [0.717, 1.165) is 33.7 Å². The lowest BCUT2D eigenvalue weighted by atomic mass is 10.0. The molecule has 5 rings (SSSR count). The van der Waals surface area contributed by atoms with Crippen molar-refractivity contribution in [2.45, 2.75) is 19.9 Å². The molecule has 0 amide bonds. The van der Waals surface area contributed by atoms with Crippen LogP contribution in [0.4, 0.5) is 0 Å². The van der Waals surface area contributed by atoms with Gasteiger partial charge in [0.15, 0.2) is 5.65 Å². The minimum Gasteiger partial charge on any atom is -0.376 e. The average Bonchev–Trinajstić information content (AvgIpc) is 3.39. The van der Waals surface area contributed by atoms with Gasteiger partial charge in [-0.25, -0.2) is 14.6 Å². The van der Waals surface area contributed by atoms with E-state index in [2.05, 4.69) is 46.2 Å². The van der Waals surface area contributed by atoms with E-state index in [1.54, 1.807) is 29.9 Å². The van der Waals surface area contributed by atoms with Gasteiger partial charge in [0.1, 0.15) is 22.9 Å². The Kier molecular flexibility index (Phi) is 4.13. The molecule has 0 atom stereocenters. The lowest BCUT2D eigenvalue weighted by molar-refractivity contribution is 0.486. The molecule has 8 nitrogen and oxygen atoms in total. The van der Waals surface area contributed by atoms with Crippen LogP contribution < -0.4 is 5.56 Å². The Morgan fingerprint density at radius 3 is 2.93 bits per heavy atom. The lowest BCUT2D eigenvalue weighted by Gasteiger charge is -2.21. The van der Waals surface area contributed by atoms with Crippen molar-refractivity contribution in [3.05, 3.63) is 63.2 Å². The molecule has 1 aliphatic rings. The fourth-order valence-corrected chi connectivity index (χ4v) is 4.94. The maximum Gasteiger partial charge on any atom is 0.291 e. The van der Waals surface area contributed by atoms with Crippen LogP contribution in [-0.4, -0.2) is 47.8 Å². The number of aromatic nitrogens is 6. The fraction of sp³-hybridized carbons (Fsp3) is 0.300. The Labute approximate surface area is 170 Å². The first-order valence-electron chi connectivity index (χ1n) is 9.40. The zero-order chi connectivity index (χ0) is 20.1. The highest BCUT2D eigenvalue weighted by Crippen LogP contribution is 2.32. The topological polar surface area (TPSA) is 84.6 Å². The molecular formula is C20H21N7OS. The molecule has 0 bridgehead atoms. The van der Waals surface area contributed by atoms with Crippen molar-refractivity contribution in [2.75, 3.05) is 13.6 Å². The molecule has 9 heteroatoms. The summed E-state index contributed by atoms with van der Waals surface area (Å²) in [6.45, 7) is 3.43.